The molecule has 0 spiro atoms. The molecule has 0 saturated carbocycles. The molecule has 0 radical (unpaired) electrons. The van der Waals surface area contributed by atoms with Gasteiger partial charge in [-0.15, -0.1) is 11.3 Å². The Labute approximate surface area is 127 Å². The Morgan fingerprint density at radius 3 is 2.86 bits per heavy atom. The van der Waals surface area contributed by atoms with Crippen LogP contribution < -0.4 is 0 Å². The van der Waals surface area contributed by atoms with E-state index < -0.39 is 10.0 Å². The maximum Gasteiger partial charge on any atom is 0.249 e. The molecule has 0 aliphatic carbocycles. The van der Waals surface area contributed by atoms with E-state index in [0.717, 1.165) is 10.7 Å². The summed E-state index contributed by atoms with van der Waals surface area (Å²) < 4.78 is 30.2. The van der Waals surface area contributed by atoms with Gasteiger partial charge in [-0.25, -0.2) is 13.4 Å². The number of ether oxygens (including phenoxy) is 1. The molecule has 3 rings (SSSR count). The van der Waals surface area contributed by atoms with Crippen molar-refractivity contribution in [1.82, 2.24) is 14.2 Å². The molecule has 0 bridgehead atoms. The lowest BCUT2D eigenvalue weighted by Gasteiger charge is -2.36. The minimum Gasteiger partial charge on any atom is -0.365 e. The molecule has 2 aliphatic rings. The molecular formula is C12H17N3O4S2. The van der Waals surface area contributed by atoms with E-state index in [-0.39, 0.29) is 24.7 Å². The fourth-order valence-electron chi connectivity index (χ4n) is 2.76. The predicted octanol–water partition coefficient (Wildman–Crippen LogP) is -0.177. The van der Waals surface area contributed by atoms with Crippen molar-refractivity contribution in [3.8, 4) is 0 Å². The highest BCUT2D eigenvalue weighted by atomic mass is 32.2. The van der Waals surface area contributed by atoms with Gasteiger partial charge in [0.05, 0.1) is 35.6 Å². The van der Waals surface area contributed by atoms with Crippen LogP contribution in [-0.2, 0) is 26.1 Å². The number of sulfonamides is 1. The highest BCUT2D eigenvalue weighted by Crippen LogP contribution is 2.26. The number of hydrogen-bond donors (Lipinski definition) is 0. The zero-order chi connectivity index (χ0) is 15.2. The molecule has 7 nitrogen and oxygen atoms in total. The van der Waals surface area contributed by atoms with Gasteiger partial charge in [-0.2, -0.15) is 4.31 Å². The Kier molecular flexibility index (Phi) is 3.76. The predicted molar refractivity (Wildman–Crippen MR) is 77.3 cm³/mol. The van der Waals surface area contributed by atoms with Gasteiger partial charge in [-0.1, -0.05) is 0 Å². The number of rotatable bonds is 3. The van der Waals surface area contributed by atoms with E-state index in [9.17, 15) is 13.2 Å². The van der Waals surface area contributed by atoms with Gasteiger partial charge in [0.25, 0.3) is 0 Å². The molecule has 1 aromatic rings. The summed E-state index contributed by atoms with van der Waals surface area (Å²) in [7, 11) is -3.27. The molecule has 116 valence electrons. The quantitative estimate of drug-likeness (QED) is 0.768. The van der Waals surface area contributed by atoms with Crippen molar-refractivity contribution in [1.29, 1.82) is 0 Å². The number of aromatic nitrogens is 1. The van der Waals surface area contributed by atoms with Crippen LogP contribution in [0.25, 0.3) is 0 Å². The lowest BCUT2D eigenvalue weighted by atomic mass is 10.1. The summed E-state index contributed by atoms with van der Waals surface area (Å²) in [5, 5.41) is 2.88. The zero-order valence-corrected chi connectivity index (χ0v) is 13.5. The SMILES string of the molecule is Cc1nc(CN2C(=O)CO[C@@H]3CN(S(C)(=O)=O)C[C@H]32)cs1. The lowest BCUT2D eigenvalue weighted by molar-refractivity contribution is -0.154. The fraction of sp³-hybridized carbons (Fsp3) is 0.667. The van der Waals surface area contributed by atoms with Crippen LogP contribution in [0, 0.1) is 6.92 Å². The average Bonchev–Trinajstić information content (AvgIpc) is 2.98. The van der Waals surface area contributed by atoms with E-state index in [1.54, 1.807) is 4.90 Å². The van der Waals surface area contributed by atoms with E-state index in [1.807, 2.05) is 12.3 Å². The first-order chi connectivity index (χ1) is 9.84. The average molecular weight is 331 g/mol. The van der Waals surface area contributed by atoms with Crippen LogP contribution in [0.2, 0.25) is 0 Å². The van der Waals surface area contributed by atoms with Crippen LogP contribution in [-0.4, -0.2) is 66.6 Å². The molecule has 21 heavy (non-hydrogen) atoms. The normalized spacial score (nSPS) is 27.1. The standard InChI is InChI=1S/C12H17N3O4S2/c1-8-13-9(7-20-8)3-15-10-4-14(21(2,17)18)5-11(10)19-6-12(15)16/h7,10-11H,3-6H2,1-2H3/t10-,11-/m1/s1. The van der Waals surface area contributed by atoms with Crippen molar-refractivity contribution in [2.45, 2.75) is 25.6 Å². The van der Waals surface area contributed by atoms with Crippen molar-refractivity contribution < 1.29 is 17.9 Å². The molecule has 2 fully saturated rings. The topological polar surface area (TPSA) is 79.8 Å². The Morgan fingerprint density at radius 2 is 2.24 bits per heavy atom. The summed E-state index contributed by atoms with van der Waals surface area (Å²) in [4.78, 5) is 18.2. The first kappa shape index (κ1) is 14.9. The van der Waals surface area contributed by atoms with Crippen molar-refractivity contribution in [3.05, 3.63) is 16.1 Å². The van der Waals surface area contributed by atoms with Crippen LogP contribution in [0.1, 0.15) is 10.7 Å². The highest BCUT2D eigenvalue weighted by Gasteiger charge is 2.45. The summed E-state index contributed by atoms with van der Waals surface area (Å²) in [6.45, 7) is 2.92. The highest BCUT2D eigenvalue weighted by molar-refractivity contribution is 7.88. The second-order valence-electron chi connectivity index (χ2n) is 5.38. The van der Waals surface area contributed by atoms with Gasteiger partial charge in [0.1, 0.15) is 6.61 Å². The molecule has 2 aliphatic heterocycles. The van der Waals surface area contributed by atoms with Crippen molar-refractivity contribution in [3.63, 3.8) is 0 Å². The Morgan fingerprint density at radius 1 is 1.48 bits per heavy atom. The van der Waals surface area contributed by atoms with Crippen LogP contribution >= 0.6 is 11.3 Å². The van der Waals surface area contributed by atoms with Gasteiger partial charge in [-0.05, 0) is 6.92 Å². The van der Waals surface area contributed by atoms with Crippen LogP contribution in [0.5, 0.6) is 0 Å². The molecule has 2 saturated heterocycles. The van der Waals surface area contributed by atoms with Crippen LogP contribution in [0.4, 0.5) is 0 Å². The molecule has 2 atom stereocenters. The van der Waals surface area contributed by atoms with Gasteiger partial charge in [-0.3, -0.25) is 4.79 Å². The van der Waals surface area contributed by atoms with E-state index in [2.05, 4.69) is 4.98 Å². The lowest BCUT2D eigenvalue weighted by Crippen LogP contribution is -2.53. The third kappa shape index (κ3) is 2.96. The second-order valence-corrected chi connectivity index (χ2v) is 8.42. The first-order valence-corrected chi connectivity index (χ1v) is 9.34. The summed E-state index contributed by atoms with van der Waals surface area (Å²) in [5.41, 5.74) is 0.837. The Bertz CT molecular complexity index is 657. The minimum atomic E-state index is -3.27. The van der Waals surface area contributed by atoms with Gasteiger partial charge in [0, 0.05) is 18.5 Å². The number of aryl methyl sites for hydroxylation is 1. The third-order valence-corrected chi connectivity index (χ3v) is 5.87. The Hall–Kier alpha value is -1.03. The number of morpholine rings is 1. The molecule has 1 amide bonds. The largest absolute Gasteiger partial charge is 0.365 e. The van der Waals surface area contributed by atoms with E-state index in [0.29, 0.717) is 19.6 Å². The van der Waals surface area contributed by atoms with Crippen LogP contribution in [0.15, 0.2) is 5.38 Å². The molecule has 1 aromatic heterocycles. The van der Waals surface area contributed by atoms with Gasteiger partial charge < -0.3 is 9.64 Å². The first-order valence-electron chi connectivity index (χ1n) is 6.62. The molecular weight excluding hydrogens is 314 g/mol. The summed E-state index contributed by atoms with van der Waals surface area (Å²) in [5.74, 6) is -0.114. The summed E-state index contributed by atoms with van der Waals surface area (Å²) in [6, 6.07) is -0.233. The summed E-state index contributed by atoms with van der Waals surface area (Å²) in [6.07, 6.45) is 0.928. The monoisotopic (exact) mass is 331 g/mol. The van der Waals surface area contributed by atoms with E-state index >= 15 is 0 Å². The van der Waals surface area contributed by atoms with Gasteiger partial charge in [0.15, 0.2) is 0 Å². The fourth-order valence-corrected chi connectivity index (χ4v) is 4.21. The van der Waals surface area contributed by atoms with E-state index in [1.165, 1.54) is 21.9 Å². The molecule has 9 heteroatoms. The van der Waals surface area contributed by atoms with Crippen molar-refractivity contribution in [2.24, 2.45) is 0 Å². The van der Waals surface area contributed by atoms with Crippen LogP contribution in [0.3, 0.4) is 0 Å². The maximum atomic E-state index is 12.1. The maximum absolute atomic E-state index is 12.1. The molecule has 0 N–H and O–H groups in total. The van der Waals surface area contributed by atoms with Crippen molar-refractivity contribution in [2.75, 3.05) is 26.0 Å². The molecule has 3 heterocycles. The molecule has 0 unspecified atom stereocenters. The van der Waals surface area contributed by atoms with Gasteiger partial charge >= 0.3 is 0 Å². The summed E-state index contributed by atoms with van der Waals surface area (Å²) >= 11 is 1.54. The van der Waals surface area contributed by atoms with Gasteiger partial charge in [0.2, 0.25) is 15.9 Å². The molecule has 0 aromatic carbocycles. The van der Waals surface area contributed by atoms with Crippen molar-refractivity contribution >= 4 is 27.3 Å². The number of nitrogens with zero attached hydrogens (tertiary/aromatic N) is 3. The third-order valence-electron chi connectivity index (χ3n) is 3.81. The number of fused-ring (bicyclic) bond motifs is 1. The smallest absolute Gasteiger partial charge is 0.249 e. The number of amides is 1. The Balaban J connectivity index is 1.80. The van der Waals surface area contributed by atoms with E-state index in [4.69, 9.17) is 4.74 Å². The number of hydrogen-bond acceptors (Lipinski definition) is 6. The zero-order valence-electron chi connectivity index (χ0n) is 11.9. The minimum absolute atomic E-state index is 0.00187. The number of thiazole rings is 1. The number of carbonyl (C=O) groups excluding carboxylic acids is 1. The number of carbonyl (C=O) groups is 1. The second kappa shape index (κ2) is 5.31.